The number of hydrogen-bond donors (Lipinski definition) is 0. The van der Waals surface area contributed by atoms with Crippen LogP contribution < -0.4 is 19.8 Å². The molecule has 0 spiro atoms. The maximum absolute atomic E-state index is 13.6. The Balaban J connectivity index is 1.96. The van der Waals surface area contributed by atoms with Gasteiger partial charge in [-0.25, -0.2) is 0 Å². The predicted octanol–water partition coefficient (Wildman–Crippen LogP) is 3.06. The summed E-state index contributed by atoms with van der Waals surface area (Å²) in [6, 6.07) is 11.4. The number of anilines is 1. The van der Waals surface area contributed by atoms with Gasteiger partial charge in [0, 0.05) is 44.0 Å². The Bertz CT molecular complexity index is 1050. The Labute approximate surface area is 163 Å². The lowest BCUT2D eigenvalue weighted by Crippen LogP contribution is -2.37. The first-order valence-corrected chi connectivity index (χ1v) is 9.31. The van der Waals surface area contributed by atoms with Crippen LogP contribution in [0.15, 0.2) is 47.4 Å². The molecule has 1 saturated heterocycles. The fraction of sp³-hybridized carbons (Fsp3) is 0.318. The smallest absolute Gasteiger partial charge is 0.199 e. The van der Waals surface area contributed by atoms with E-state index in [9.17, 15) is 4.79 Å². The van der Waals surface area contributed by atoms with Crippen LogP contribution in [-0.4, -0.2) is 45.1 Å². The van der Waals surface area contributed by atoms with Crippen molar-refractivity contribution < 1.29 is 14.2 Å². The highest BCUT2D eigenvalue weighted by molar-refractivity contribution is 5.96. The Morgan fingerprint density at radius 3 is 2.29 bits per heavy atom. The second-order valence-electron chi connectivity index (χ2n) is 6.85. The minimum atomic E-state index is 0.0161. The van der Waals surface area contributed by atoms with E-state index in [1.165, 1.54) is 0 Å². The zero-order valence-corrected chi connectivity index (χ0v) is 16.4. The van der Waals surface area contributed by atoms with E-state index >= 15 is 0 Å². The third kappa shape index (κ3) is 3.20. The van der Waals surface area contributed by atoms with Gasteiger partial charge in [0.25, 0.3) is 0 Å². The standard InChI is InChI=1S/C22H24N2O4/c1-23-14-18(15-4-6-16(26-2)7-5-15)22(25)21-19(23)12-17(27-3)13-20(21)24-8-10-28-11-9-24/h4-7,12-14H,8-11H2,1-3H3. The van der Waals surface area contributed by atoms with Crippen LogP contribution in [0.1, 0.15) is 0 Å². The molecule has 0 amide bonds. The van der Waals surface area contributed by atoms with E-state index in [2.05, 4.69) is 4.90 Å². The molecule has 1 aliphatic rings. The maximum Gasteiger partial charge on any atom is 0.199 e. The first-order chi connectivity index (χ1) is 13.6. The molecule has 2 aromatic carbocycles. The maximum atomic E-state index is 13.6. The van der Waals surface area contributed by atoms with E-state index in [1.807, 2.05) is 54.2 Å². The topological polar surface area (TPSA) is 52.9 Å². The molecule has 6 nitrogen and oxygen atoms in total. The van der Waals surface area contributed by atoms with Crippen molar-refractivity contribution in [3.05, 3.63) is 52.8 Å². The Morgan fingerprint density at radius 2 is 1.64 bits per heavy atom. The zero-order valence-electron chi connectivity index (χ0n) is 16.4. The molecule has 3 aromatic rings. The molecule has 0 saturated carbocycles. The van der Waals surface area contributed by atoms with Gasteiger partial charge in [0.05, 0.1) is 44.0 Å². The summed E-state index contributed by atoms with van der Waals surface area (Å²) in [6.45, 7) is 2.80. The summed E-state index contributed by atoms with van der Waals surface area (Å²) in [7, 11) is 5.23. The molecule has 1 aliphatic heterocycles. The third-order valence-corrected chi connectivity index (χ3v) is 5.23. The molecule has 0 bridgehead atoms. The summed E-state index contributed by atoms with van der Waals surface area (Å²) >= 11 is 0. The molecule has 0 atom stereocenters. The second-order valence-corrected chi connectivity index (χ2v) is 6.85. The number of rotatable bonds is 4. The number of hydrogen-bond acceptors (Lipinski definition) is 5. The number of aryl methyl sites for hydroxylation is 1. The van der Waals surface area contributed by atoms with Gasteiger partial charge in [-0.15, -0.1) is 0 Å². The second kappa shape index (κ2) is 7.56. The number of fused-ring (bicyclic) bond motifs is 1. The first-order valence-electron chi connectivity index (χ1n) is 9.31. The Morgan fingerprint density at radius 1 is 0.964 bits per heavy atom. The summed E-state index contributed by atoms with van der Waals surface area (Å²) in [5.41, 5.74) is 3.29. The van der Waals surface area contributed by atoms with Crippen molar-refractivity contribution in [1.82, 2.24) is 4.57 Å². The summed E-state index contributed by atoms with van der Waals surface area (Å²) in [4.78, 5) is 15.8. The number of nitrogens with zero attached hydrogens (tertiary/aromatic N) is 2. The van der Waals surface area contributed by atoms with Gasteiger partial charge in [-0.3, -0.25) is 4.79 Å². The van der Waals surface area contributed by atoms with E-state index in [0.29, 0.717) is 24.2 Å². The number of methoxy groups -OCH3 is 2. The van der Waals surface area contributed by atoms with Gasteiger partial charge >= 0.3 is 0 Å². The summed E-state index contributed by atoms with van der Waals surface area (Å²) in [6.07, 6.45) is 1.88. The average molecular weight is 380 g/mol. The lowest BCUT2D eigenvalue weighted by atomic mass is 10.0. The van der Waals surface area contributed by atoms with Crippen LogP contribution in [0, 0.1) is 0 Å². The van der Waals surface area contributed by atoms with Crippen LogP contribution in [0.2, 0.25) is 0 Å². The number of aromatic nitrogens is 1. The fourth-order valence-electron chi connectivity index (χ4n) is 3.70. The van der Waals surface area contributed by atoms with Crippen LogP contribution in [-0.2, 0) is 11.8 Å². The van der Waals surface area contributed by atoms with E-state index in [4.69, 9.17) is 14.2 Å². The molecule has 0 N–H and O–H groups in total. The molecule has 1 fully saturated rings. The van der Waals surface area contributed by atoms with Crippen LogP contribution in [0.5, 0.6) is 11.5 Å². The van der Waals surface area contributed by atoms with Gasteiger partial charge in [-0.1, -0.05) is 12.1 Å². The van der Waals surface area contributed by atoms with Crippen LogP contribution in [0.4, 0.5) is 5.69 Å². The molecule has 0 aliphatic carbocycles. The highest BCUT2D eigenvalue weighted by atomic mass is 16.5. The van der Waals surface area contributed by atoms with Crippen molar-refractivity contribution in [1.29, 1.82) is 0 Å². The SMILES string of the molecule is COc1ccc(-c2cn(C)c3cc(OC)cc(N4CCOCC4)c3c2=O)cc1. The normalized spacial score (nSPS) is 14.3. The zero-order chi connectivity index (χ0) is 19.7. The monoisotopic (exact) mass is 380 g/mol. The number of morpholine rings is 1. The molecule has 1 aromatic heterocycles. The van der Waals surface area contributed by atoms with Crippen LogP contribution in [0.25, 0.3) is 22.0 Å². The third-order valence-electron chi connectivity index (χ3n) is 5.23. The molecule has 0 unspecified atom stereocenters. The molecule has 4 rings (SSSR count). The van der Waals surface area contributed by atoms with Crippen molar-refractivity contribution >= 4 is 16.6 Å². The Hall–Kier alpha value is -2.99. The highest BCUT2D eigenvalue weighted by Crippen LogP contribution is 2.32. The lowest BCUT2D eigenvalue weighted by Gasteiger charge is -2.30. The molecular weight excluding hydrogens is 356 g/mol. The first kappa shape index (κ1) is 18.4. The number of pyridine rings is 1. The van der Waals surface area contributed by atoms with Gasteiger partial charge in [-0.2, -0.15) is 0 Å². The van der Waals surface area contributed by atoms with Gasteiger partial charge in [-0.05, 0) is 17.7 Å². The van der Waals surface area contributed by atoms with Crippen molar-refractivity contribution in [3.8, 4) is 22.6 Å². The molecule has 0 radical (unpaired) electrons. The fourth-order valence-corrected chi connectivity index (χ4v) is 3.70. The van der Waals surface area contributed by atoms with Crippen molar-refractivity contribution in [2.45, 2.75) is 0 Å². The summed E-state index contributed by atoms with van der Waals surface area (Å²) in [5, 5.41) is 0.707. The van der Waals surface area contributed by atoms with Gasteiger partial charge in [0.2, 0.25) is 0 Å². The number of ether oxygens (including phenoxy) is 3. The van der Waals surface area contributed by atoms with Gasteiger partial charge in [0.15, 0.2) is 5.43 Å². The molecule has 6 heteroatoms. The van der Waals surface area contributed by atoms with E-state index in [-0.39, 0.29) is 5.43 Å². The predicted molar refractivity (Wildman–Crippen MR) is 111 cm³/mol. The largest absolute Gasteiger partial charge is 0.497 e. The molecule has 146 valence electrons. The van der Waals surface area contributed by atoms with Gasteiger partial charge in [0.1, 0.15) is 11.5 Å². The number of benzene rings is 2. The van der Waals surface area contributed by atoms with Crippen molar-refractivity contribution in [2.75, 3.05) is 45.4 Å². The summed E-state index contributed by atoms with van der Waals surface area (Å²) in [5.74, 6) is 1.50. The van der Waals surface area contributed by atoms with Crippen LogP contribution >= 0.6 is 0 Å². The molecular formula is C22H24N2O4. The van der Waals surface area contributed by atoms with Crippen molar-refractivity contribution in [3.63, 3.8) is 0 Å². The average Bonchev–Trinajstić information content (AvgIpc) is 2.76. The van der Waals surface area contributed by atoms with E-state index in [0.717, 1.165) is 41.4 Å². The Kier molecular flexibility index (Phi) is 4.96. The minimum absolute atomic E-state index is 0.0161. The lowest BCUT2D eigenvalue weighted by molar-refractivity contribution is 0.123. The minimum Gasteiger partial charge on any atom is -0.497 e. The highest BCUT2D eigenvalue weighted by Gasteiger charge is 2.20. The quantitative estimate of drug-likeness (QED) is 0.696. The molecule has 28 heavy (non-hydrogen) atoms. The van der Waals surface area contributed by atoms with Crippen LogP contribution in [0.3, 0.4) is 0 Å². The van der Waals surface area contributed by atoms with Crippen molar-refractivity contribution in [2.24, 2.45) is 7.05 Å². The van der Waals surface area contributed by atoms with Gasteiger partial charge < -0.3 is 23.7 Å². The summed E-state index contributed by atoms with van der Waals surface area (Å²) < 4.78 is 18.2. The molecule has 2 heterocycles. The van der Waals surface area contributed by atoms with E-state index < -0.39 is 0 Å². The van der Waals surface area contributed by atoms with E-state index in [1.54, 1.807) is 14.2 Å².